The highest BCUT2D eigenvalue weighted by Crippen LogP contribution is 2.25. The van der Waals surface area contributed by atoms with Crippen LogP contribution in [0.2, 0.25) is 0 Å². The van der Waals surface area contributed by atoms with Crippen molar-refractivity contribution in [1.29, 1.82) is 0 Å². The fourth-order valence-electron chi connectivity index (χ4n) is 3.81. The minimum absolute atomic E-state index is 0.0116. The molecule has 2 aliphatic heterocycles. The van der Waals surface area contributed by atoms with E-state index in [9.17, 15) is 23.1 Å². The van der Waals surface area contributed by atoms with Crippen molar-refractivity contribution in [3.8, 4) is 23.7 Å². The largest absolute Gasteiger partial charge is 0.394 e. The molecular weight excluding hydrogens is 464 g/mol. The third-order valence-electron chi connectivity index (χ3n) is 6.17. The molecule has 4 N–H and O–H groups in total. The third-order valence-corrected chi connectivity index (χ3v) is 8.20. The molecule has 0 aliphatic carbocycles. The molecule has 34 heavy (non-hydrogen) atoms. The molecule has 1 fully saturated rings. The van der Waals surface area contributed by atoms with Gasteiger partial charge in [-0.1, -0.05) is 11.8 Å². The Morgan fingerprint density at radius 3 is 2.65 bits per heavy atom. The lowest BCUT2D eigenvalue weighted by atomic mass is 10.0. The van der Waals surface area contributed by atoms with E-state index in [0.717, 1.165) is 19.3 Å². The number of aromatic nitrogens is 1. The Morgan fingerprint density at radius 2 is 2.06 bits per heavy atom. The number of nitrogens with one attached hydrogen (secondary N) is 1. The van der Waals surface area contributed by atoms with Gasteiger partial charge in [0.15, 0.2) is 14.6 Å². The standard InChI is InChI=1S/C22H28N4O7S/c1-22(20(29)23-31,34(2,32)33)7-8-25-13-18-9-16(12-26(18)21(25)30)5-3-4-6-17-10-24(11-17)14-19(28)15-27/h9,12,17,19,27-28,31H,7-8,10-11,13-15H2,1-2H3,(H,23,29)/t19-,22-/m1/s1. The highest BCUT2D eigenvalue weighted by molar-refractivity contribution is 7.92. The SMILES string of the molecule is C[C@@](CCN1Cc2cc(C#CC#CC3CN(C[C@@H](O)CO)C3)cn2C1=O)(C(=O)NO)S(C)(=O)=O. The summed E-state index contributed by atoms with van der Waals surface area (Å²) in [6.07, 6.45) is 1.58. The quantitative estimate of drug-likeness (QED) is 0.197. The Morgan fingerprint density at radius 1 is 1.35 bits per heavy atom. The molecule has 1 aromatic rings. The van der Waals surface area contributed by atoms with Crippen molar-refractivity contribution < 1.29 is 33.4 Å². The van der Waals surface area contributed by atoms with Gasteiger partial charge in [0.05, 0.1) is 19.3 Å². The van der Waals surface area contributed by atoms with E-state index in [1.54, 1.807) is 12.3 Å². The molecule has 1 aromatic heterocycles. The predicted molar refractivity (Wildman–Crippen MR) is 121 cm³/mol. The summed E-state index contributed by atoms with van der Waals surface area (Å²) in [4.78, 5) is 28.1. The Kier molecular flexibility index (Phi) is 7.70. The van der Waals surface area contributed by atoms with Gasteiger partial charge in [0.2, 0.25) is 0 Å². The average Bonchev–Trinajstić information content (AvgIpc) is 3.29. The zero-order valence-electron chi connectivity index (χ0n) is 19.0. The molecule has 3 heterocycles. The number of amides is 2. The van der Waals surface area contributed by atoms with Gasteiger partial charge in [0, 0.05) is 55.8 Å². The molecule has 0 spiro atoms. The normalized spacial score (nSPS) is 18.6. The fraction of sp³-hybridized carbons (Fsp3) is 0.545. The van der Waals surface area contributed by atoms with Gasteiger partial charge >= 0.3 is 6.03 Å². The van der Waals surface area contributed by atoms with E-state index in [1.165, 1.54) is 21.9 Å². The predicted octanol–water partition coefficient (Wildman–Crippen LogP) is -1.39. The maximum absolute atomic E-state index is 12.7. The van der Waals surface area contributed by atoms with Crippen LogP contribution in [-0.4, -0.2) is 100 Å². The Bertz CT molecular complexity index is 1180. The summed E-state index contributed by atoms with van der Waals surface area (Å²) in [5, 5.41) is 27.2. The van der Waals surface area contributed by atoms with Crippen LogP contribution in [0.5, 0.6) is 0 Å². The summed E-state index contributed by atoms with van der Waals surface area (Å²) in [5.74, 6) is 10.6. The topological polar surface area (TPSA) is 152 Å². The highest BCUT2D eigenvalue weighted by Gasteiger charge is 2.44. The van der Waals surface area contributed by atoms with Crippen molar-refractivity contribution in [3.63, 3.8) is 0 Å². The molecule has 3 rings (SSSR count). The maximum Gasteiger partial charge on any atom is 0.328 e. The number of carbonyl (C=O) groups excluding carboxylic acids is 2. The lowest BCUT2D eigenvalue weighted by Crippen LogP contribution is -2.50. The number of rotatable bonds is 8. The first-order valence-electron chi connectivity index (χ1n) is 10.7. The minimum Gasteiger partial charge on any atom is -0.394 e. The number of hydrogen-bond donors (Lipinski definition) is 4. The van der Waals surface area contributed by atoms with Crippen LogP contribution in [0.25, 0.3) is 0 Å². The second-order valence-electron chi connectivity index (χ2n) is 8.76. The highest BCUT2D eigenvalue weighted by atomic mass is 32.2. The van der Waals surface area contributed by atoms with E-state index in [1.807, 2.05) is 4.90 Å². The summed E-state index contributed by atoms with van der Waals surface area (Å²) < 4.78 is 23.7. The Balaban J connectivity index is 1.55. The monoisotopic (exact) mass is 492 g/mol. The molecular formula is C22H28N4O7S. The molecule has 0 radical (unpaired) electrons. The van der Waals surface area contributed by atoms with Crippen molar-refractivity contribution in [1.82, 2.24) is 19.8 Å². The van der Waals surface area contributed by atoms with Crippen LogP contribution in [0.1, 0.15) is 24.6 Å². The van der Waals surface area contributed by atoms with E-state index in [0.29, 0.717) is 17.8 Å². The van der Waals surface area contributed by atoms with Crippen LogP contribution in [0, 0.1) is 29.6 Å². The lowest BCUT2D eigenvalue weighted by molar-refractivity contribution is -0.131. The van der Waals surface area contributed by atoms with Crippen LogP contribution in [0.4, 0.5) is 4.79 Å². The summed E-state index contributed by atoms with van der Waals surface area (Å²) >= 11 is 0. The number of β-amino-alcohol motifs (C(OH)–C–C–N with tert-alkyl or cyclic N) is 1. The van der Waals surface area contributed by atoms with Crippen LogP contribution < -0.4 is 5.48 Å². The van der Waals surface area contributed by atoms with E-state index in [-0.39, 0.29) is 38.1 Å². The van der Waals surface area contributed by atoms with Crippen LogP contribution >= 0.6 is 0 Å². The maximum atomic E-state index is 12.7. The summed E-state index contributed by atoms with van der Waals surface area (Å²) in [5.41, 5.74) is 2.71. The molecule has 184 valence electrons. The van der Waals surface area contributed by atoms with Gasteiger partial charge in [-0.3, -0.25) is 19.5 Å². The number of aliphatic hydroxyl groups is 2. The smallest absolute Gasteiger partial charge is 0.328 e. The van der Waals surface area contributed by atoms with E-state index >= 15 is 0 Å². The van der Waals surface area contributed by atoms with Crippen LogP contribution in [0.15, 0.2) is 12.3 Å². The molecule has 0 aromatic carbocycles. The van der Waals surface area contributed by atoms with Crippen molar-refractivity contribution >= 4 is 21.8 Å². The number of hydroxylamine groups is 1. The van der Waals surface area contributed by atoms with Gasteiger partial charge in [-0.05, 0) is 31.3 Å². The molecule has 2 aliphatic rings. The molecule has 1 saturated heterocycles. The van der Waals surface area contributed by atoms with E-state index < -0.39 is 26.6 Å². The number of fused-ring (bicyclic) bond motifs is 1. The summed E-state index contributed by atoms with van der Waals surface area (Å²) in [7, 11) is -3.84. The second-order valence-corrected chi connectivity index (χ2v) is 11.2. The number of nitrogens with zero attached hydrogens (tertiary/aromatic N) is 3. The van der Waals surface area contributed by atoms with Crippen molar-refractivity contribution in [2.45, 2.75) is 30.7 Å². The first kappa shape index (κ1) is 25.7. The number of aliphatic hydroxyl groups excluding tert-OH is 2. The average molecular weight is 493 g/mol. The lowest BCUT2D eigenvalue weighted by Gasteiger charge is -2.37. The Labute approximate surface area is 198 Å². The van der Waals surface area contributed by atoms with E-state index in [4.69, 9.17) is 10.3 Å². The van der Waals surface area contributed by atoms with Crippen LogP contribution in [-0.2, 0) is 21.2 Å². The summed E-state index contributed by atoms with van der Waals surface area (Å²) in [6.45, 7) is 3.06. The van der Waals surface area contributed by atoms with Gasteiger partial charge in [-0.25, -0.2) is 18.7 Å². The fourth-order valence-corrected chi connectivity index (χ4v) is 4.65. The number of carbonyl (C=O) groups is 2. The van der Waals surface area contributed by atoms with Crippen molar-refractivity contribution in [2.24, 2.45) is 5.92 Å². The third kappa shape index (κ3) is 5.43. The van der Waals surface area contributed by atoms with Crippen LogP contribution in [0.3, 0.4) is 0 Å². The molecule has 12 heteroatoms. The zero-order valence-corrected chi connectivity index (χ0v) is 19.8. The second kappa shape index (κ2) is 10.2. The molecule has 11 nitrogen and oxygen atoms in total. The first-order valence-corrected chi connectivity index (χ1v) is 12.5. The van der Waals surface area contributed by atoms with Gasteiger partial charge < -0.3 is 15.1 Å². The first-order chi connectivity index (χ1) is 16.0. The molecule has 2 amide bonds. The number of hydrogen-bond acceptors (Lipinski definition) is 8. The van der Waals surface area contributed by atoms with Gasteiger partial charge in [0.25, 0.3) is 5.91 Å². The van der Waals surface area contributed by atoms with E-state index in [2.05, 4.69) is 23.7 Å². The molecule has 0 saturated carbocycles. The van der Waals surface area contributed by atoms with Crippen molar-refractivity contribution in [3.05, 3.63) is 23.5 Å². The van der Waals surface area contributed by atoms with Crippen molar-refractivity contribution in [2.75, 3.05) is 39.0 Å². The van der Waals surface area contributed by atoms with Gasteiger partial charge in [-0.15, -0.1) is 0 Å². The van der Waals surface area contributed by atoms with Gasteiger partial charge in [0.1, 0.15) is 0 Å². The minimum atomic E-state index is -3.84. The molecule has 2 atom stereocenters. The number of likely N-dealkylation sites (tertiary alicyclic amines) is 1. The number of sulfone groups is 1. The zero-order chi connectivity index (χ0) is 25.1. The van der Waals surface area contributed by atoms with Gasteiger partial charge in [-0.2, -0.15) is 0 Å². The summed E-state index contributed by atoms with van der Waals surface area (Å²) in [6, 6.07) is 1.40. The molecule has 0 bridgehead atoms. The Hall–Kier alpha value is -2.87. The molecule has 0 unspecified atom stereocenters.